The molecule has 0 atom stereocenters. The van der Waals surface area contributed by atoms with Crippen molar-refractivity contribution in [3.63, 3.8) is 0 Å². The van der Waals surface area contributed by atoms with Crippen molar-refractivity contribution >= 4 is 0 Å². The van der Waals surface area contributed by atoms with Gasteiger partial charge in [0.15, 0.2) is 11.4 Å². The molecule has 0 radical (unpaired) electrons. The highest BCUT2D eigenvalue weighted by atomic mass is 14.8. The Morgan fingerprint density at radius 1 is 0.917 bits per heavy atom. The second-order valence-corrected chi connectivity index (χ2v) is 2.32. The van der Waals surface area contributed by atoms with Crippen LogP contribution in [0.4, 0.5) is 0 Å². The normalized spacial score (nSPS) is 8.67. The summed E-state index contributed by atoms with van der Waals surface area (Å²) >= 11 is 0. The molecule has 0 unspecified atom stereocenters. The van der Waals surface area contributed by atoms with Crippen molar-refractivity contribution in [2.75, 3.05) is 0 Å². The third kappa shape index (κ3) is 1.23. The molecule has 58 valence electrons. The summed E-state index contributed by atoms with van der Waals surface area (Å²) < 4.78 is 0. The lowest BCUT2D eigenvalue weighted by Crippen LogP contribution is -1.99. The van der Waals surface area contributed by atoms with Crippen LogP contribution in [-0.4, -0.2) is 9.97 Å². The summed E-state index contributed by atoms with van der Waals surface area (Å²) in [4.78, 5) is 7.83. The summed E-state index contributed by atoms with van der Waals surface area (Å²) in [5.74, 6) is 0. The third-order valence-electron chi connectivity index (χ3n) is 1.46. The Kier molecular flexibility index (Phi) is 2.02. The van der Waals surface area contributed by atoms with Crippen LogP contribution in [0.2, 0.25) is 0 Å². The van der Waals surface area contributed by atoms with Gasteiger partial charge in [0.05, 0.1) is 11.4 Å². The Balaban J connectivity index is 3.41. The molecule has 1 aromatic heterocycles. The molecule has 0 saturated heterocycles. The first-order chi connectivity index (χ1) is 5.69. The highest BCUT2D eigenvalue weighted by Crippen LogP contribution is 2.05. The van der Waals surface area contributed by atoms with Crippen molar-refractivity contribution in [2.45, 2.75) is 13.8 Å². The van der Waals surface area contributed by atoms with Gasteiger partial charge in [0, 0.05) is 0 Å². The Morgan fingerprint density at radius 3 is 1.50 bits per heavy atom. The van der Waals surface area contributed by atoms with Crippen molar-refractivity contribution in [1.29, 1.82) is 10.5 Å². The smallest absolute Gasteiger partial charge is 0.162 e. The van der Waals surface area contributed by atoms with Gasteiger partial charge < -0.3 is 0 Å². The molecule has 0 saturated carbocycles. The van der Waals surface area contributed by atoms with Gasteiger partial charge in [-0.05, 0) is 13.8 Å². The number of hydrogen-bond donors (Lipinski definition) is 0. The van der Waals surface area contributed by atoms with Gasteiger partial charge >= 0.3 is 0 Å². The van der Waals surface area contributed by atoms with Gasteiger partial charge in [0.1, 0.15) is 12.1 Å². The summed E-state index contributed by atoms with van der Waals surface area (Å²) in [5, 5.41) is 17.1. The average Bonchev–Trinajstić information content (AvgIpc) is 2.08. The molecule has 0 N–H and O–H groups in total. The summed E-state index contributed by atoms with van der Waals surface area (Å²) in [6.07, 6.45) is 0. The minimum absolute atomic E-state index is 0.284. The molecule has 0 aliphatic heterocycles. The number of rotatable bonds is 0. The van der Waals surface area contributed by atoms with Crippen LogP contribution in [-0.2, 0) is 0 Å². The van der Waals surface area contributed by atoms with Crippen LogP contribution < -0.4 is 0 Å². The largest absolute Gasteiger partial charge is 0.237 e. The van der Waals surface area contributed by atoms with Gasteiger partial charge in [-0.3, -0.25) is 0 Å². The summed E-state index contributed by atoms with van der Waals surface area (Å²) in [7, 11) is 0. The number of hydrogen-bond acceptors (Lipinski definition) is 4. The van der Waals surface area contributed by atoms with Gasteiger partial charge in [-0.25, -0.2) is 9.97 Å². The molecular weight excluding hydrogens is 152 g/mol. The lowest BCUT2D eigenvalue weighted by atomic mass is 10.3. The van der Waals surface area contributed by atoms with Crippen LogP contribution in [0.1, 0.15) is 22.8 Å². The van der Waals surface area contributed by atoms with Crippen molar-refractivity contribution < 1.29 is 0 Å². The number of aryl methyl sites for hydroxylation is 2. The fourth-order valence-electron chi connectivity index (χ4n) is 0.815. The second kappa shape index (κ2) is 2.98. The van der Waals surface area contributed by atoms with E-state index < -0.39 is 0 Å². The van der Waals surface area contributed by atoms with Crippen LogP contribution in [0.5, 0.6) is 0 Å². The number of nitriles is 2. The van der Waals surface area contributed by atoms with E-state index in [-0.39, 0.29) is 11.4 Å². The Morgan fingerprint density at radius 2 is 1.25 bits per heavy atom. The number of nitrogens with zero attached hydrogens (tertiary/aromatic N) is 4. The zero-order valence-corrected chi connectivity index (χ0v) is 6.79. The van der Waals surface area contributed by atoms with Crippen LogP contribution in [0.25, 0.3) is 0 Å². The molecule has 0 aliphatic rings. The van der Waals surface area contributed by atoms with Gasteiger partial charge in [0.2, 0.25) is 0 Å². The molecule has 1 aromatic rings. The second-order valence-electron chi connectivity index (χ2n) is 2.32. The molecule has 0 aliphatic carbocycles. The molecular formula is C8H6N4. The molecule has 1 rings (SSSR count). The van der Waals surface area contributed by atoms with E-state index in [9.17, 15) is 0 Å². The predicted molar refractivity (Wildman–Crippen MR) is 40.9 cm³/mol. The molecule has 4 heteroatoms. The fraction of sp³-hybridized carbons (Fsp3) is 0.250. The summed E-state index contributed by atoms with van der Waals surface area (Å²) in [5.41, 5.74) is 1.57. The van der Waals surface area contributed by atoms with Gasteiger partial charge in [-0.15, -0.1) is 0 Å². The van der Waals surface area contributed by atoms with E-state index in [1.807, 2.05) is 12.1 Å². The van der Waals surface area contributed by atoms with E-state index in [1.54, 1.807) is 13.8 Å². The first-order valence-corrected chi connectivity index (χ1v) is 3.34. The van der Waals surface area contributed by atoms with Gasteiger partial charge in [-0.1, -0.05) is 0 Å². The minimum atomic E-state index is 0.284. The zero-order chi connectivity index (χ0) is 9.14. The maximum absolute atomic E-state index is 8.57. The quantitative estimate of drug-likeness (QED) is 0.560. The van der Waals surface area contributed by atoms with E-state index in [0.29, 0.717) is 11.4 Å². The van der Waals surface area contributed by atoms with Crippen molar-refractivity contribution in [2.24, 2.45) is 0 Å². The maximum atomic E-state index is 8.57. The molecule has 12 heavy (non-hydrogen) atoms. The zero-order valence-electron chi connectivity index (χ0n) is 6.79. The molecule has 0 spiro atoms. The molecule has 0 amide bonds. The molecule has 4 nitrogen and oxygen atoms in total. The lowest BCUT2D eigenvalue weighted by Gasteiger charge is -1.98. The molecule has 0 bridgehead atoms. The first-order valence-electron chi connectivity index (χ1n) is 3.34. The average molecular weight is 158 g/mol. The Labute approximate surface area is 70.1 Å². The lowest BCUT2D eigenvalue weighted by molar-refractivity contribution is 1.01. The Hall–Kier alpha value is -1.94. The maximum Gasteiger partial charge on any atom is 0.162 e. The van der Waals surface area contributed by atoms with Gasteiger partial charge in [-0.2, -0.15) is 10.5 Å². The number of aromatic nitrogens is 2. The van der Waals surface area contributed by atoms with Gasteiger partial charge in [0.25, 0.3) is 0 Å². The van der Waals surface area contributed by atoms with E-state index in [2.05, 4.69) is 9.97 Å². The van der Waals surface area contributed by atoms with Crippen molar-refractivity contribution in [3.8, 4) is 12.1 Å². The Bertz CT molecular complexity index is 355. The highest BCUT2D eigenvalue weighted by molar-refractivity contribution is 5.33. The van der Waals surface area contributed by atoms with Crippen molar-refractivity contribution in [3.05, 3.63) is 22.8 Å². The standard InChI is InChI=1S/C8H6N4/c1-5-7(3-9)12-6(2)8(4-10)11-5/h1-2H3. The predicted octanol–water partition coefficient (Wildman–Crippen LogP) is 0.837. The van der Waals surface area contributed by atoms with Crippen molar-refractivity contribution in [1.82, 2.24) is 9.97 Å². The van der Waals surface area contributed by atoms with Crippen LogP contribution in [0.3, 0.4) is 0 Å². The van der Waals surface area contributed by atoms with E-state index >= 15 is 0 Å². The molecule has 0 fully saturated rings. The summed E-state index contributed by atoms with van der Waals surface area (Å²) in [6, 6.07) is 3.81. The van der Waals surface area contributed by atoms with E-state index in [1.165, 1.54) is 0 Å². The summed E-state index contributed by atoms with van der Waals surface area (Å²) in [6.45, 7) is 3.32. The third-order valence-corrected chi connectivity index (χ3v) is 1.46. The SMILES string of the molecule is Cc1nc(C#N)c(C)nc1C#N. The van der Waals surface area contributed by atoms with Crippen LogP contribution >= 0.6 is 0 Å². The van der Waals surface area contributed by atoms with Crippen LogP contribution in [0.15, 0.2) is 0 Å². The molecule has 0 aromatic carbocycles. The highest BCUT2D eigenvalue weighted by Gasteiger charge is 2.05. The van der Waals surface area contributed by atoms with E-state index in [4.69, 9.17) is 10.5 Å². The minimum Gasteiger partial charge on any atom is -0.237 e. The fourth-order valence-corrected chi connectivity index (χ4v) is 0.815. The first kappa shape index (κ1) is 8.16. The molecule has 1 heterocycles. The van der Waals surface area contributed by atoms with Crippen LogP contribution in [0, 0.1) is 36.5 Å². The monoisotopic (exact) mass is 158 g/mol. The van der Waals surface area contributed by atoms with E-state index in [0.717, 1.165) is 0 Å². The topological polar surface area (TPSA) is 73.4 Å².